The summed E-state index contributed by atoms with van der Waals surface area (Å²) in [6, 6.07) is 108. The third-order valence-corrected chi connectivity index (χ3v) is 21.3. The van der Waals surface area contributed by atoms with Crippen molar-refractivity contribution in [3.63, 3.8) is 0 Å². The topological polar surface area (TPSA) is 205 Å². The summed E-state index contributed by atoms with van der Waals surface area (Å²) in [5, 5.41) is 10.1. The fourth-order valence-corrected chi connectivity index (χ4v) is 14.7. The maximum Gasteiger partial charge on any atom is 0.162 e. The van der Waals surface area contributed by atoms with Crippen molar-refractivity contribution in [2.75, 3.05) is 95.4 Å². The molecule has 0 radical (unpaired) electrons. The van der Waals surface area contributed by atoms with Gasteiger partial charge >= 0.3 is 0 Å². The number of hydrogen-bond acceptors (Lipinski definition) is 14. The highest BCUT2D eigenvalue weighted by atomic mass is 35.5. The van der Waals surface area contributed by atoms with Crippen molar-refractivity contribution in [1.29, 1.82) is 0 Å². The van der Waals surface area contributed by atoms with Crippen molar-refractivity contribution < 1.29 is 59.5 Å². The number of ether oxygens (including phenoxy) is 7. The maximum atomic E-state index is 13.5. The zero-order valence-electron chi connectivity index (χ0n) is 77.1. The van der Waals surface area contributed by atoms with E-state index in [1.165, 1.54) is 77.9 Å². The third-order valence-electron chi connectivity index (χ3n) is 21.1. The van der Waals surface area contributed by atoms with Gasteiger partial charge in [0.25, 0.3) is 0 Å². The average molecular weight is 1840 g/mol. The molecule has 14 aromatic rings. The molecule has 11 N–H and O–H groups in total. The van der Waals surface area contributed by atoms with Crippen LogP contribution >= 0.6 is 11.6 Å². The van der Waals surface area contributed by atoms with Crippen LogP contribution < -0.4 is 72.0 Å². The van der Waals surface area contributed by atoms with Crippen LogP contribution in [0.3, 0.4) is 0 Å². The molecule has 21 heteroatoms. The van der Waals surface area contributed by atoms with E-state index in [9.17, 15) is 26.3 Å². The molecule has 0 aliphatic heterocycles. The summed E-state index contributed by atoms with van der Waals surface area (Å²) in [7, 11) is 12.3. The van der Waals surface area contributed by atoms with Crippen LogP contribution in [0.25, 0.3) is 11.1 Å². The lowest BCUT2D eigenvalue weighted by molar-refractivity contribution is 0.187. The van der Waals surface area contributed by atoms with Gasteiger partial charge in [0.15, 0.2) is 11.5 Å². The van der Waals surface area contributed by atoms with Crippen LogP contribution in [0.2, 0.25) is 5.02 Å². The Labute approximate surface area is 792 Å². The minimum Gasteiger partial charge on any atom is -0.497 e. The molecule has 0 fully saturated rings. The van der Waals surface area contributed by atoms with Gasteiger partial charge in [-0.3, -0.25) is 0 Å². The van der Waals surface area contributed by atoms with Crippen molar-refractivity contribution >= 4 is 22.7 Å². The lowest BCUT2D eigenvalue weighted by Gasteiger charge is -2.21. The third kappa shape index (κ3) is 37.4. The van der Waals surface area contributed by atoms with Gasteiger partial charge in [0, 0.05) is 49.4 Å². The maximum absolute atomic E-state index is 13.5. The predicted molar refractivity (Wildman–Crippen MR) is 535 cm³/mol. The lowest BCUT2D eigenvalue weighted by atomic mass is 9.88. The largest absolute Gasteiger partial charge is 0.497 e. The van der Waals surface area contributed by atoms with E-state index in [-0.39, 0.29) is 65.1 Å². The molecule has 14 rings (SSSR count). The predicted octanol–water partition coefficient (Wildman–Crippen LogP) is 24.5. The average Bonchev–Trinajstić information content (AvgIpc) is 0.833. The molecule has 0 amide bonds. The lowest BCUT2D eigenvalue weighted by Crippen LogP contribution is -2.16. The molecule has 0 spiro atoms. The fourth-order valence-electron chi connectivity index (χ4n) is 14.5. The Morgan fingerprint density at radius 1 is 0.299 bits per heavy atom. The molecule has 0 aliphatic carbocycles. The quantitative estimate of drug-likeness (QED) is 0.0181. The van der Waals surface area contributed by atoms with E-state index >= 15 is 0 Å². The molecule has 702 valence electrons. The number of nitrogens with two attached hydrogens (primary N) is 4. The van der Waals surface area contributed by atoms with E-state index in [1.807, 2.05) is 246 Å². The number of nitrogens with one attached hydrogen (secondary N) is 3. The first-order valence-corrected chi connectivity index (χ1v) is 44.9. The van der Waals surface area contributed by atoms with Gasteiger partial charge < -0.3 is 72.0 Å². The van der Waals surface area contributed by atoms with E-state index in [2.05, 4.69) is 46.3 Å². The van der Waals surface area contributed by atoms with E-state index in [4.69, 9.17) is 67.7 Å². The second kappa shape index (κ2) is 60.7. The van der Waals surface area contributed by atoms with E-state index in [0.29, 0.717) is 49.8 Å². The van der Waals surface area contributed by atoms with E-state index in [0.717, 1.165) is 141 Å². The van der Waals surface area contributed by atoms with Crippen LogP contribution in [0.1, 0.15) is 123 Å². The molecule has 0 bridgehead atoms. The van der Waals surface area contributed by atoms with Crippen molar-refractivity contribution in [2.45, 2.75) is 68.7 Å². The highest BCUT2D eigenvalue weighted by molar-refractivity contribution is 6.30. The molecule has 5 atom stereocenters. The van der Waals surface area contributed by atoms with Crippen molar-refractivity contribution in [3.05, 3.63) is 471 Å². The van der Waals surface area contributed by atoms with E-state index < -0.39 is 0 Å². The molecule has 0 saturated carbocycles. The molecule has 14 aromatic carbocycles. The zero-order chi connectivity index (χ0) is 95.9. The molecule has 14 nitrogen and oxygen atoms in total. The molecule has 0 aliphatic rings. The number of hydrogen-bond donors (Lipinski definition) is 7. The van der Waals surface area contributed by atoms with Crippen LogP contribution in [0.15, 0.2) is 370 Å². The SMILES string of the molecule is CNCCC(Oc1cccc(F)c1)c1cccc(F)c1.CNCCC(Oc1ccccc1OC)c1ccccc1.CNCCC(c1cccc(F)c1)c1cccc(OC)c1.COc1cccc(/C(=C\CN)c2cccc(Cl)c2)c1.COc1cccc(/C(=C\CN)c2cccc(F)c2)c1.NCCC(Cc1cccc(F)c1)c1cccc(F)c1.NCCC(Oc1ccccc1)c1ccccc1. The Kier molecular flexibility index (Phi) is 48.1. The smallest absolute Gasteiger partial charge is 0.162 e. The van der Waals surface area contributed by atoms with Crippen LogP contribution in [-0.4, -0.2) is 95.4 Å². The van der Waals surface area contributed by atoms with E-state index in [1.54, 1.807) is 77.0 Å². The number of benzene rings is 14. The van der Waals surface area contributed by atoms with Crippen molar-refractivity contribution in [3.8, 4) is 40.2 Å². The summed E-state index contributed by atoms with van der Waals surface area (Å²) >= 11 is 6.05. The summed E-state index contributed by atoms with van der Waals surface area (Å²) in [6.07, 6.45) is 8.30. The van der Waals surface area contributed by atoms with Crippen molar-refractivity contribution in [2.24, 2.45) is 22.9 Å². The summed E-state index contributed by atoms with van der Waals surface area (Å²) < 4.78 is 119. The Hall–Kier alpha value is -13.3. The standard InChI is InChI=1S/C17H20FNO.C17H21NO2.C16H16ClNO.C16H17F2NO.C16H17F2N.C16H16FNO.C15H17NO/c1-19-10-9-17(13-5-3-7-15(18)11-13)14-6-4-8-16(12-14)20-2;1-18-13-12-15(14-8-4-3-5-9-14)20-17-11-7-6-10-16(17)19-2;1-19-15-7-3-5-13(11-15)16(8-9-18)12-4-2-6-14(17)10-12;1-19-9-8-16(12-4-2-5-13(17)10-12)20-15-7-3-6-14(18)11-15;17-15-5-1-3-12(10-15)9-14(7-8-19)13-4-2-6-16(18)11-13;1-19-15-7-3-5-13(11-15)16(8-9-18)12-4-2-6-14(17)10-12;16-12-11-15(13-7-3-1-4-8-13)17-14-9-5-2-6-10-14/h3-8,11-12,17,19H,9-10H2,1-2H3;3-11,15,18H,12-13H2,1-2H3;2-8,10-11H,9,18H2,1H3;2-7,10-11,16,19H,8-9H2,1H3;1-6,10-11,14H,7-9,19H2;2-8,10-11H,9,18H2,1H3;1-10,15H,11-12,16H2/b;;16-8-;;;16-8-;. The minimum atomic E-state index is -0.353. The van der Waals surface area contributed by atoms with Gasteiger partial charge in [-0.2, -0.15) is 0 Å². The highest BCUT2D eigenvalue weighted by Crippen LogP contribution is 2.36. The number of halogens is 7. The van der Waals surface area contributed by atoms with Gasteiger partial charge in [0.2, 0.25) is 0 Å². The van der Waals surface area contributed by atoms with Gasteiger partial charge in [0.05, 0.1) is 28.4 Å². The van der Waals surface area contributed by atoms with Crippen LogP contribution in [0.4, 0.5) is 26.3 Å². The molecule has 0 heterocycles. The summed E-state index contributed by atoms with van der Waals surface area (Å²) in [6.45, 7) is 4.49. The van der Waals surface area contributed by atoms with Gasteiger partial charge in [0.1, 0.15) is 82.0 Å². The van der Waals surface area contributed by atoms with Gasteiger partial charge in [-0.25, -0.2) is 26.3 Å². The van der Waals surface area contributed by atoms with Gasteiger partial charge in [-0.1, -0.05) is 230 Å². The monoisotopic (exact) mass is 1840 g/mol. The second-order valence-electron chi connectivity index (χ2n) is 30.6. The molecular weight excluding hydrogens is 1720 g/mol. The van der Waals surface area contributed by atoms with Gasteiger partial charge in [-0.15, -0.1) is 0 Å². The Morgan fingerprint density at radius 3 is 1.14 bits per heavy atom. The first-order chi connectivity index (χ1) is 65.3. The highest BCUT2D eigenvalue weighted by Gasteiger charge is 2.21. The number of methoxy groups -OCH3 is 4. The number of rotatable bonds is 37. The Morgan fingerprint density at radius 2 is 0.657 bits per heavy atom. The normalized spacial score (nSPS) is 11.9. The molecular formula is C113H124ClF6N7O7. The van der Waals surface area contributed by atoms with Crippen LogP contribution in [0, 0.1) is 34.9 Å². The minimum absolute atomic E-state index is 0.0138. The van der Waals surface area contributed by atoms with Crippen LogP contribution in [0.5, 0.6) is 40.2 Å². The Bertz CT molecular complexity index is 5650. The molecule has 134 heavy (non-hydrogen) atoms. The first kappa shape index (κ1) is 106. The van der Waals surface area contributed by atoms with Gasteiger partial charge in [-0.05, 0) is 297 Å². The first-order valence-electron chi connectivity index (χ1n) is 44.5. The number of para-hydroxylation sites is 3. The summed E-state index contributed by atoms with van der Waals surface area (Å²) in [5.74, 6) is 3.94. The molecule has 0 aromatic heterocycles. The zero-order valence-corrected chi connectivity index (χ0v) is 77.9. The Balaban J connectivity index is 0.000000192. The molecule has 0 saturated heterocycles. The second-order valence-corrected chi connectivity index (χ2v) is 31.0. The van der Waals surface area contributed by atoms with Crippen molar-refractivity contribution in [1.82, 2.24) is 16.0 Å². The van der Waals surface area contributed by atoms with Crippen LogP contribution in [-0.2, 0) is 6.42 Å². The fraction of sp³-hybridized carbons (Fsp3) is 0.221. The molecule has 5 unspecified atom stereocenters. The summed E-state index contributed by atoms with van der Waals surface area (Å²) in [4.78, 5) is 0. The summed E-state index contributed by atoms with van der Waals surface area (Å²) in [5.41, 5.74) is 35.4.